The maximum Gasteiger partial charge on any atom is 0.303 e. The average Bonchev–Trinajstić information content (AvgIpc) is 2.55. The van der Waals surface area contributed by atoms with E-state index in [1.807, 2.05) is 0 Å². The van der Waals surface area contributed by atoms with Crippen LogP contribution in [0.3, 0.4) is 0 Å². The Labute approximate surface area is 148 Å². The number of aliphatic carboxylic acids is 1. The molecule has 0 aromatic heterocycles. The number of aliphatic hydroxyl groups is 1. The van der Waals surface area contributed by atoms with Gasteiger partial charge in [0, 0.05) is 6.42 Å². The van der Waals surface area contributed by atoms with E-state index < -0.39 is 5.97 Å². The first-order chi connectivity index (χ1) is 11.7. The van der Waals surface area contributed by atoms with Crippen molar-refractivity contribution >= 4 is 5.97 Å². The molecule has 0 aliphatic rings. The molecule has 0 aromatic rings. The van der Waals surface area contributed by atoms with Gasteiger partial charge < -0.3 is 10.2 Å². The molecule has 140 valence electrons. The lowest BCUT2D eigenvalue weighted by Crippen LogP contribution is -2.05. The topological polar surface area (TPSA) is 57.5 Å². The van der Waals surface area contributed by atoms with Crippen molar-refractivity contribution in [3.8, 4) is 0 Å². The molecule has 3 nitrogen and oxygen atoms in total. The van der Waals surface area contributed by atoms with Crippen LogP contribution in [0, 0.1) is 0 Å². The third-order valence-electron chi connectivity index (χ3n) is 4.17. The van der Waals surface area contributed by atoms with Crippen LogP contribution in [0.5, 0.6) is 0 Å². The van der Waals surface area contributed by atoms with Crippen LogP contribution in [0.1, 0.15) is 96.8 Å². The highest BCUT2D eigenvalue weighted by molar-refractivity contribution is 5.66. The van der Waals surface area contributed by atoms with Crippen molar-refractivity contribution in [2.24, 2.45) is 0 Å². The molecule has 24 heavy (non-hydrogen) atoms. The number of aliphatic hydroxyl groups excluding tert-OH is 1. The molecule has 0 unspecified atom stereocenters. The third-order valence-corrected chi connectivity index (χ3v) is 4.17. The Kier molecular flexibility index (Phi) is 17.4. The molecule has 0 rings (SSSR count). The molecule has 0 aromatic carbocycles. The first-order valence-corrected chi connectivity index (χ1v) is 9.86. The van der Waals surface area contributed by atoms with Crippen molar-refractivity contribution in [2.45, 2.75) is 103 Å². The summed E-state index contributed by atoms with van der Waals surface area (Å²) in [5.74, 6) is -0.720. The van der Waals surface area contributed by atoms with Crippen molar-refractivity contribution < 1.29 is 15.0 Å². The number of hydrogen-bond donors (Lipinski definition) is 2. The summed E-state index contributed by atoms with van der Waals surface area (Å²) < 4.78 is 0. The van der Waals surface area contributed by atoms with Crippen LogP contribution < -0.4 is 0 Å². The van der Waals surface area contributed by atoms with Gasteiger partial charge in [0.1, 0.15) is 0 Å². The predicted octanol–water partition coefficient (Wildman–Crippen LogP) is 6.03. The summed E-state index contributed by atoms with van der Waals surface area (Å²) in [5.41, 5.74) is 0. The fourth-order valence-electron chi connectivity index (χ4n) is 2.65. The van der Waals surface area contributed by atoms with Gasteiger partial charge in [-0.3, -0.25) is 4.79 Å². The highest BCUT2D eigenvalue weighted by Gasteiger charge is 2.02. The zero-order chi connectivity index (χ0) is 17.9. The summed E-state index contributed by atoms with van der Waals surface area (Å²) in [6.07, 6.45) is 22.7. The van der Waals surface area contributed by atoms with Crippen LogP contribution in [0.15, 0.2) is 24.3 Å². The molecule has 0 amide bonds. The van der Waals surface area contributed by atoms with Crippen molar-refractivity contribution in [2.75, 3.05) is 0 Å². The first kappa shape index (κ1) is 22.9. The summed E-state index contributed by atoms with van der Waals surface area (Å²) in [5, 5.41) is 18.5. The van der Waals surface area contributed by atoms with Gasteiger partial charge in [-0.1, -0.05) is 69.8 Å². The zero-order valence-corrected chi connectivity index (χ0v) is 15.6. The average molecular weight is 339 g/mol. The van der Waals surface area contributed by atoms with Crippen LogP contribution >= 0.6 is 0 Å². The minimum absolute atomic E-state index is 0.126. The largest absolute Gasteiger partial charge is 0.481 e. The Balaban J connectivity index is 3.35. The molecule has 0 saturated carbocycles. The lowest BCUT2D eigenvalue weighted by molar-refractivity contribution is -0.137. The molecule has 0 aliphatic carbocycles. The molecule has 0 saturated heterocycles. The van der Waals surface area contributed by atoms with E-state index in [4.69, 9.17) is 5.11 Å². The van der Waals surface area contributed by atoms with Crippen LogP contribution in [0.25, 0.3) is 0 Å². The number of carboxylic acids is 1. The summed E-state index contributed by atoms with van der Waals surface area (Å²) in [6, 6.07) is 0. The van der Waals surface area contributed by atoms with Crippen molar-refractivity contribution in [1.29, 1.82) is 0 Å². The summed E-state index contributed by atoms with van der Waals surface area (Å²) in [4.78, 5) is 10.3. The number of carboxylic acid groups (broad SMARTS) is 1. The second-order valence-corrected chi connectivity index (χ2v) is 6.61. The minimum atomic E-state index is -0.720. The van der Waals surface area contributed by atoms with Gasteiger partial charge in [-0.15, -0.1) is 0 Å². The van der Waals surface area contributed by atoms with E-state index in [2.05, 4.69) is 31.2 Å². The normalized spacial score (nSPS) is 13.1. The summed E-state index contributed by atoms with van der Waals surface area (Å²) in [6.45, 7) is 2.23. The van der Waals surface area contributed by atoms with E-state index in [0.717, 1.165) is 44.9 Å². The number of rotatable bonds is 17. The molecular formula is C21H38O3. The van der Waals surface area contributed by atoms with Gasteiger partial charge in [-0.05, 0) is 44.9 Å². The van der Waals surface area contributed by atoms with Crippen molar-refractivity contribution in [3.63, 3.8) is 0 Å². The third kappa shape index (κ3) is 19.0. The zero-order valence-electron chi connectivity index (χ0n) is 15.6. The van der Waals surface area contributed by atoms with Gasteiger partial charge in [0.15, 0.2) is 0 Å². The smallest absolute Gasteiger partial charge is 0.303 e. The Morgan fingerprint density at radius 3 is 2.08 bits per heavy atom. The Bertz CT molecular complexity index is 334. The molecule has 0 fully saturated rings. The molecular weight excluding hydrogens is 300 g/mol. The van der Waals surface area contributed by atoms with Gasteiger partial charge in [0.2, 0.25) is 0 Å². The van der Waals surface area contributed by atoms with Gasteiger partial charge >= 0.3 is 5.97 Å². The van der Waals surface area contributed by atoms with E-state index in [9.17, 15) is 9.90 Å². The maximum absolute atomic E-state index is 10.3. The highest BCUT2D eigenvalue weighted by Crippen LogP contribution is 2.12. The molecule has 3 heteroatoms. The monoisotopic (exact) mass is 338 g/mol. The second kappa shape index (κ2) is 18.3. The fraction of sp³-hybridized carbons (Fsp3) is 0.762. The Hall–Kier alpha value is -1.09. The quantitative estimate of drug-likeness (QED) is 0.252. The van der Waals surface area contributed by atoms with Crippen LogP contribution in [0.4, 0.5) is 0 Å². The van der Waals surface area contributed by atoms with E-state index >= 15 is 0 Å². The van der Waals surface area contributed by atoms with E-state index in [-0.39, 0.29) is 12.5 Å². The SMILES string of the molecule is CCCCCCCC[C@H](O)CCC/C=C\C/C=C\CCCC(=O)O. The molecule has 1 atom stereocenters. The fourth-order valence-corrected chi connectivity index (χ4v) is 2.65. The van der Waals surface area contributed by atoms with Crippen LogP contribution in [-0.2, 0) is 4.79 Å². The van der Waals surface area contributed by atoms with E-state index in [1.54, 1.807) is 0 Å². The Morgan fingerprint density at radius 2 is 1.42 bits per heavy atom. The number of allylic oxidation sites excluding steroid dienone is 4. The number of hydrogen-bond acceptors (Lipinski definition) is 2. The van der Waals surface area contributed by atoms with E-state index in [0.29, 0.717) is 6.42 Å². The second-order valence-electron chi connectivity index (χ2n) is 6.61. The molecule has 2 N–H and O–H groups in total. The van der Waals surface area contributed by atoms with Gasteiger partial charge in [-0.2, -0.15) is 0 Å². The molecule has 0 aliphatic heterocycles. The minimum Gasteiger partial charge on any atom is -0.481 e. The van der Waals surface area contributed by atoms with Crippen molar-refractivity contribution in [1.82, 2.24) is 0 Å². The van der Waals surface area contributed by atoms with Crippen LogP contribution in [0.2, 0.25) is 0 Å². The maximum atomic E-state index is 10.3. The Morgan fingerprint density at radius 1 is 0.833 bits per heavy atom. The highest BCUT2D eigenvalue weighted by atomic mass is 16.4. The lowest BCUT2D eigenvalue weighted by Gasteiger charge is -2.09. The lowest BCUT2D eigenvalue weighted by atomic mass is 10.0. The van der Waals surface area contributed by atoms with Gasteiger partial charge in [-0.25, -0.2) is 0 Å². The van der Waals surface area contributed by atoms with Crippen molar-refractivity contribution in [3.05, 3.63) is 24.3 Å². The molecule has 0 bridgehead atoms. The summed E-state index contributed by atoms with van der Waals surface area (Å²) >= 11 is 0. The molecule has 0 spiro atoms. The standard InChI is InChI=1S/C21H38O3/c1-2-3-4-5-11-14-17-20(22)18-15-12-9-7-6-8-10-13-16-19-21(23)24/h7-10,20,22H,2-6,11-19H2,1H3,(H,23,24)/b9-7-,10-8-/t20-/m0/s1. The first-order valence-electron chi connectivity index (χ1n) is 9.86. The molecule has 0 radical (unpaired) electrons. The number of unbranched alkanes of at least 4 members (excludes halogenated alkanes) is 7. The number of carbonyl (C=O) groups is 1. The van der Waals surface area contributed by atoms with Gasteiger partial charge in [0.05, 0.1) is 6.10 Å². The molecule has 0 heterocycles. The van der Waals surface area contributed by atoms with E-state index in [1.165, 1.54) is 32.1 Å². The summed E-state index contributed by atoms with van der Waals surface area (Å²) in [7, 11) is 0. The van der Waals surface area contributed by atoms with Crippen LogP contribution in [-0.4, -0.2) is 22.3 Å². The predicted molar refractivity (Wildman–Crippen MR) is 102 cm³/mol. The van der Waals surface area contributed by atoms with Gasteiger partial charge in [0.25, 0.3) is 0 Å².